The molecule has 1 aromatic rings. The van der Waals surface area contributed by atoms with Gasteiger partial charge in [-0.25, -0.2) is 0 Å². The largest absolute Gasteiger partial charge is 0.508 e. The van der Waals surface area contributed by atoms with E-state index in [1.165, 1.54) is 11.0 Å². The molecule has 1 amide bonds. The predicted octanol–water partition coefficient (Wildman–Crippen LogP) is 0.394. The number of amides is 1. The van der Waals surface area contributed by atoms with E-state index in [0.29, 0.717) is 5.56 Å². The molecule has 0 spiro atoms. The van der Waals surface area contributed by atoms with E-state index in [9.17, 15) is 34.8 Å². The van der Waals surface area contributed by atoms with Crippen LogP contribution in [0.25, 0.3) is 5.76 Å². The number of aromatic hydroxyl groups is 1. The summed E-state index contributed by atoms with van der Waals surface area (Å²) in [5, 5.41) is 44.2. The van der Waals surface area contributed by atoms with Gasteiger partial charge in [-0.2, -0.15) is 5.48 Å². The Morgan fingerprint density at radius 1 is 1.25 bits per heavy atom. The molecule has 1 fully saturated rings. The maximum Gasteiger partial charge on any atom is 0.255 e. The average molecular weight is 502 g/mol. The molecule has 0 aliphatic heterocycles. The van der Waals surface area contributed by atoms with Crippen molar-refractivity contribution in [2.24, 2.45) is 17.6 Å². The first kappa shape index (κ1) is 25.8. The van der Waals surface area contributed by atoms with Gasteiger partial charge in [-0.15, -0.1) is 0 Å². The van der Waals surface area contributed by atoms with Crippen LogP contribution in [0.15, 0.2) is 29.0 Å². The van der Waals surface area contributed by atoms with E-state index < -0.39 is 58.0 Å². The Balaban J connectivity index is 1.88. The molecule has 0 heterocycles. The van der Waals surface area contributed by atoms with Crippen LogP contribution in [0.5, 0.6) is 5.75 Å². The molecule has 11 nitrogen and oxygen atoms in total. The molecule has 3 aliphatic carbocycles. The number of hydrogen-bond acceptors (Lipinski definition) is 10. The molecule has 4 atom stereocenters. The highest BCUT2D eigenvalue weighted by Crippen LogP contribution is 2.52. The van der Waals surface area contributed by atoms with Crippen molar-refractivity contribution in [3.05, 3.63) is 45.7 Å². The molecule has 0 radical (unpaired) electrons. The van der Waals surface area contributed by atoms with Gasteiger partial charge in [0.05, 0.1) is 17.7 Å². The van der Waals surface area contributed by atoms with Gasteiger partial charge in [-0.05, 0) is 63.9 Å². The number of carbonyl (C=O) groups excluding carboxylic acids is 3. The zero-order valence-corrected chi connectivity index (χ0v) is 20.5. The van der Waals surface area contributed by atoms with Crippen LogP contribution < -0.4 is 11.2 Å². The van der Waals surface area contributed by atoms with Gasteiger partial charge in [0.2, 0.25) is 5.78 Å². The quantitative estimate of drug-likeness (QED) is 0.236. The van der Waals surface area contributed by atoms with Crippen molar-refractivity contribution in [2.75, 3.05) is 14.1 Å². The second-order valence-electron chi connectivity index (χ2n) is 10.0. The fraction of sp³-hybridized carbons (Fsp3) is 0.480. The number of benzene rings is 1. The van der Waals surface area contributed by atoms with Crippen LogP contribution in [0.1, 0.15) is 37.0 Å². The van der Waals surface area contributed by atoms with Crippen LogP contribution in [-0.4, -0.2) is 74.6 Å². The minimum absolute atomic E-state index is 0.0385. The number of phenolic OH excluding ortho intramolecular Hbond substituents is 1. The zero-order valence-electron chi connectivity index (χ0n) is 20.5. The first-order chi connectivity index (χ1) is 16.8. The summed E-state index contributed by atoms with van der Waals surface area (Å²) in [7, 11) is 3.12. The fourth-order valence-electron chi connectivity index (χ4n) is 5.76. The number of nitrogens with zero attached hydrogens (tertiary/aromatic N) is 1. The lowest BCUT2D eigenvalue weighted by Crippen LogP contribution is -2.65. The SMILES string of the molecule is CC(C)ONCc1ccc(O)c2c1C[C@H]1C[C@H]3[C@H](N(C)C)C(=O)C(C(N)=O)=C(O)[C@@]3(O)C(=O)C1=C2O. The van der Waals surface area contributed by atoms with Crippen molar-refractivity contribution < 1.29 is 39.6 Å². The number of aliphatic hydroxyl groups is 3. The Morgan fingerprint density at radius 3 is 2.50 bits per heavy atom. The minimum atomic E-state index is -2.65. The Hall–Kier alpha value is -3.25. The number of hydroxylamine groups is 1. The lowest BCUT2D eigenvalue weighted by molar-refractivity contribution is -0.153. The fourth-order valence-corrected chi connectivity index (χ4v) is 5.76. The number of hydrogen-bond donors (Lipinski definition) is 6. The summed E-state index contributed by atoms with van der Waals surface area (Å²) in [5.74, 6) is -6.70. The molecule has 0 saturated heterocycles. The number of Topliss-reactive ketones (excluding diaryl/α,β-unsaturated/α-hetero) is 2. The average Bonchev–Trinajstić information content (AvgIpc) is 2.77. The molecule has 0 aromatic heterocycles. The zero-order chi connectivity index (χ0) is 26.7. The van der Waals surface area contributed by atoms with Crippen molar-refractivity contribution in [3.8, 4) is 5.75 Å². The van der Waals surface area contributed by atoms with E-state index in [1.54, 1.807) is 20.2 Å². The standard InChI is InChI=1S/C25H31N3O8/c1-10(2)36-27-9-11-5-6-15(29)17-13(11)7-12-8-14-19(28(3)4)21(31)18(24(26)34)23(33)25(14,35)22(32)16(12)20(17)30/h5-6,10,12,14,19,27,29-30,33,35H,7-9H2,1-4H3,(H2,26,34)/t12-,14-,19-,25-/m0/s1. The van der Waals surface area contributed by atoms with E-state index in [-0.39, 0.29) is 42.4 Å². The first-order valence-electron chi connectivity index (χ1n) is 11.7. The number of rotatable bonds is 6. The predicted molar refractivity (Wildman–Crippen MR) is 127 cm³/mol. The summed E-state index contributed by atoms with van der Waals surface area (Å²) < 4.78 is 0. The molecule has 4 rings (SSSR count). The summed E-state index contributed by atoms with van der Waals surface area (Å²) in [6, 6.07) is 1.95. The van der Waals surface area contributed by atoms with Gasteiger partial charge >= 0.3 is 0 Å². The first-order valence-corrected chi connectivity index (χ1v) is 11.7. The number of fused-ring (bicyclic) bond motifs is 3. The molecule has 3 aliphatic rings. The molecule has 1 aromatic carbocycles. The van der Waals surface area contributed by atoms with E-state index in [4.69, 9.17) is 10.6 Å². The number of carbonyl (C=O) groups is 3. The van der Waals surface area contributed by atoms with Crippen LogP contribution in [0.2, 0.25) is 0 Å². The molecule has 0 bridgehead atoms. The Kier molecular flexibility index (Phi) is 6.46. The topological polar surface area (TPSA) is 183 Å². The second-order valence-corrected chi connectivity index (χ2v) is 10.0. The lowest BCUT2D eigenvalue weighted by Gasteiger charge is -2.50. The van der Waals surface area contributed by atoms with Crippen molar-refractivity contribution in [1.29, 1.82) is 0 Å². The molecule has 36 heavy (non-hydrogen) atoms. The highest BCUT2D eigenvalue weighted by molar-refractivity contribution is 6.24. The van der Waals surface area contributed by atoms with Crippen molar-refractivity contribution in [3.63, 3.8) is 0 Å². The van der Waals surface area contributed by atoms with Crippen molar-refractivity contribution in [2.45, 2.75) is 51.0 Å². The monoisotopic (exact) mass is 501 g/mol. The van der Waals surface area contributed by atoms with Gasteiger partial charge in [-0.3, -0.25) is 24.1 Å². The maximum atomic E-state index is 13.8. The Bertz CT molecular complexity index is 1220. The number of ketones is 2. The Morgan fingerprint density at radius 2 is 1.92 bits per heavy atom. The van der Waals surface area contributed by atoms with Crippen LogP contribution in [-0.2, 0) is 32.2 Å². The summed E-state index contributed by atoms with van der Waals surface area (Å²) in [4.78, 5) is 45.8. The van der Waals surface area contributed by atoms with Crippen LogP contribution >= 0.6 is 0 Å². The minimum Gasteiger partial charge on any atom is -0.508 e. The molecule has 1 saturated carbocycles. The van der Waals surface area contributed by atoms with Crippen molar-refractivity contribution >= 4 is 23.2 Å². The highest BCUT2D eigenvalue weighted by atomic mass is 16.7. The maximum absolute atomic E-state index is 13.8. The highest BCUT2D eigenvalue weighted by Gasteiger charge is 2.64. The normalized spacial score (nSPS) is 27.9. The van der Waals surface area contributed by atoms with Crippen LogP contribution in [0.4, 0.5) is 0 Å². The van der Waals surface area contributed by atoms with E-state index in [2.05, 4.69) is 5.48 Å². The summed E-state index contributed by atoms with van der Waals surface area (Å²) >= 11 is 0. The third-order valence-electron chi connectivity index (χ3n) is 7.28. The van der Waals surface area contributed by atoms with E-state index in [1.807, 2.05) is 13.8 Å². The molecular weight excluding hydrogens is 470 g/mol. The second kappa shape index (κ2) is 9.00. The number of nitrogens with one attached hydrogen (secondary N) is 1. The number of primary amides is 1. The summed E-state index contributed by atoms with van der Waals surface area (Å²) in [6.07, 6.45) is 0.183. The molecule has 0 unspecified atom stereocenters. The molecular formula is C25H31N3O8. The number of likely N-dealkylation sites (N-methyl/N-ethyl adjacent to an activating group) is 1. The Labute approximate surface area is 207 Å². The van der Waals surface area contributed by atoms with E-state index in [0.717, 1.165) is 5.56 Å². The third kappa shape index (κ3) is 3.70. The van der Waals surface area contributed by atoms with Gasteiger partial charge in [0.25, 0.3) is 5.91 Å². The number of aliphatic hydroxyl groups excluding tert-OH is 2. The summed E-state index contributed by atoms with van der Waals surface area (Å²) in [5.41, 5.74) is 5.88. The lowest BCUT2D eigenvalue weighted by atomic mass is 9.57. The van der Waals surface area contributed by atoms with Crippen molar-refractivity contribution in [1.82, 2.24) is 10.4 Å². The molecule has 7 N–H and O–H groups in total. The van der Waals surface area contributed by atoms with Gasteiger partial charge in [-0.1, -0.05) is 6.07 Å². The third-order valence-corrected chi connectivity index (χ3v) is 7.28. The van der Waals surface area contributed by atoms with Gasteiger partial charge in [0.15, 0.2) is 11.4 Å². The molecule has 194 valence electrons. The number of phenols is 1. The molecule has 11 heteroatoms. The summed E-state index contributed by atoms with van der Waals surface area (Å²) in [6.45, 7) is 3.98. The van der Waals surface area contributed by atoms with Crippen LogP contribution in [0, 0.1) is 11.8 Å². The van der Waals surface area contributed by atoms with Gasteiger partial charge in [0, 0.05) is 18.0 Å². The number of nitrogens with two attached hydrogens (primary N) is 1. The van der Waals surface area contributed by atoms with Gasteiger partial charge < -0.3 is 26.2 Å². The van der Waals surface area contributed by atoms with E-state index >= 15 is 0 Å². The van der Waals surface area contributed by atoms with Gasteiger partial charge in [0.1, 0.15) is 22.8 Å². The van der Waals surface area contributed by atoms with Crippen LogP contribution in [0.3, 0.4) is 0 Å². The smallest absolute Gasteiger partial charge is 0.255 e.